The molecule has 0 saturated carbocycles. The van der Waals surface area contributed by atoms with Crippen LogP contribution in [0.15, 0.2) is 24.3 Å². The van der Waals surface area contributed by atoms with E-state index in [1.807, 2.05) is 17.0 Å². The van der Waals surface area contributed by atoms with Crippen LogP contribution in [0.25, 0.3) is 0 Å². The standard InChI is InChI=1S/C14H18N2O.ClH/c17-14(13-7-3-4-8-15-13)16-9-11-5-1-2-6-12(11)10-16;/h1-2,5-6,13,15H,3-4,7-10H2;1H/t13-;/m0./s1. The quantitative estimate of drug-likeness (QED) is 0.844. The van der Waals surface area contributed by atoms with Gasteiger partial charge in [-0.15, -0.1) is 12.4 Å². The average Bonchev–Trinajstić information content (AvgIpc) is 2.82. The van der Waals surface area contributed by atoms with Crippen LogP contribution in [0.3, 0.4) is 0 Å². The SMILES string of the molecule is Cl.O=C([C@@H]1CCCCN1)N1Cc2ccccc2C1. The predicted octanol–water partition coefficient (Wildman–Crippen LogP) is 2.09. The van der Waals surface area contributed by atoms with Gasteiger partial charge in [-0.1, -0.05) is 30.7 Å². The number of carbonyl (C=O) groups excluding carboxylic acids is 1. The molecule has 3 rings (SSSR count). The van der Waals surface area contributed by atoms with Crippen molar-refractivity contribution in [2.75, 3.05) is 6.54 Å². The third-order valence-corrected chi connectivity index (χ3v) is 3.76. The number of rotatable bonds is 1. The number of hydrogen-bond donors (Lipinski definition) is 1. The Morgan fingerprint density at radius 2 is 1.83 bits per heavy atom. The summed E-state index contributed by atoms with van der Waals surface area (Å²) in [5.74, 6) is 0.279. The lowest BCUT2D eigenvalue weighted by Crippen LogP contribution is -2.46. The molecule has 1 amide bonds. The second-order valence-corrected chi connectivity index (χ2v) is 4.97. The van der Waals surface area contributed by atoms with Crippen molar-refractivity contribution in [3.8, 4) is 0 Å². The molecule has 0 aliphatic carbocycles. The number of halogens is 1. The number of hydrogen-bond acceptors (Lipinski definition) is 2. The second-order valence-electron chi connectivity index (χ2n) is 4.97. The molecule has 0 unspecified atom stereocenters. The van der Waals surface area contributed by atoms with Crippen molar-refractivity contribution in [2.24, 2.45) is 0 Å². The van der Waals surface area contributed by atoms with Crippen LogP contribution in [0.2, 0.25) is 0 Å². The third kappa shape index (κ3) is 2.52. The van der Waals surface area contributed by atoms with Gasteiger partial charge in [0.15, 0.2) is 0 Å². The maximum Gasteiger partial charge on any atom is 0.240 e. The van der Waals surface area contributed by atoms with Gasteiger partial charge in [-0.25, -0.2) is 0 Å². The van der Waals surface area contributed by atoms with E-state index in [1.54, 1.807) is 0 Å². The van der Waals surface area contributed by atoms with E-state index in [0.717, 1.165) is 26.1 Å². The van der Waals surface area contributed by atoms with Crippen molar-refractivity contribution in [3.63, 3.8) is 0 Å². The normalized spacial score (nSPS) is 22.2. The van der Waals surface area contributed by atoms with Crippen LogP contribution in [-0.2, 0) is 17.9 Å². The lowest BCUT2D eigenvalue weighted by molar-refractivity contribution is -0.134. The summed E-state index contributed by atoms with van der Waals surface area (Å²) in [6, 6.07) is 8.39. The molecule has 1 N–H and O–H groups in total. The minimum Gasteiger partial charge on any atom is -0.333 e. The highest BCUT2D eigenvalue weighted by atomic mass is 35.5. The van der Waals surface area contributed by atoms with E-state index in [-0.39, 0.29) is 24.4 Å². The lowest BCUT2D eigenvalue weighted by atomic mass is 10.0. The zero-order valence-corrected chi connectivity index (χ0v) is 11.2. The highest BCUT2D eigenvalue weighted by molar-refractivity contribution is 5.85. The summed E-state index contributed by atoms with van der Waals surface area (Å²) < 4.78 is 0. The van der Waals surface area contributed by atoms with Gasteiger partial charge in [-0.05, 0) is 30.5 Å². The van der Waals surface area contributed by atoms with Crippen molar-refractivity contribution < 1.29 is 4.79 Å². The number of nitrogens with zero attached hydrogens (tertiary/aromatic N) is 1. The van der Waals surface area contributed by atoms with Crippen LogP contribution in [0.4, 0.5) is 0 Å². The van der Waals surface area contributed by atoms with Crippen LogP contribution in [0.1, 0.15) is 30.4 Å². The molecule has 1 atom stereocenters. The first-order chi connectivity index (χ1) is 8.34. The maximum atomic E-state index is 12.3. The molecule has 0 spiro atoms. The number of amides is 1. The van der Waals surface area contributed by atoms with Crippen LogP contribution in [0, 0.1) is 0 Å². The van der Waals surface area contributed by atoms with E-state index in [0.29, 0.717) is 0 Å². The molecule has 0 aromatic heterocycles. The van der Waals surface area contributed by atoms with Crippen molar-refractivity contribution in [1.29, 1.82) is 0 Å². The van der Waals surface area contributed by atoms with Gasteiger partial charge in [0.1, 0.15) is 0 Å². The molecule has 4 heteroatoms. The molecule has 2 aliphatic heterocycles. The van der Waals surface area contributed by atoms with E-state index < -0.39 is 0 Å². The number of benzene rings is 1. The van der Waals surface area contributed by atoms with Crippen LogP contribution in [0.5, 0.6) is 0 Å². The molecule has 2 aliphatic rings. The molecule has 0 radical (unpaired) electrons. The highest BCUT2D eigenvalue weighted by Crippen LogP contribution is 2.23. The lowest BCUT2D eigenvalue weighted by Gasteiger charge is -2.27. The summed E-state index contributed by atoms with van der Waals surface area (Å²) in [4.78, 5) is 14.3. The number of piperidine rings is 1. The Labute approximate surface area is 114 Å². The first-order valence-corrected chi connectivity index (χ1v) is 6.43. The summed E-state index contributed by atoms with van der Waals surface area (Å²) in [6.07, 6.45) is 3.36. The van der Waals surface area contributed by atoms with Crippen LogP contribution < -0.4 is 5.32 Å². The Hall–Kier alpha value is -1.06. The number of carbonyl (C=O) groups is 1. The fourth-order valence-electron chi connectivity index (χ4n) is 2.77. The van der Waals surface area contributed by atoms with Gasteiger partial charge in [-0.2, -0.15) is 0 Å². The van der Waals surface area contributed by atoms with E-state index in [1.165, 1.54) is 24.0 Å². The monoisotopic (exact) mass is 266 g/mol. The summed E-state index contributed by atoms with van der Waals surface area (Å²) >= 11 is 0. The van der Waals surface area contributed by atoms with E-state index in [9.17, 15) is 4.79 Å². The minimum atomic E-state index is 0. The molecule has 18 heavy (non-hydrogen) atoms. The largest absolute Gasteiger partial charge is 0.333 e. The predicted molar refractivity (Wildman–Crippen MR) is 73.6 cm³/mol. The molecule has 1 aromatic rings. The van der Waals surface area contributed by atoms with E-state index in [4.69, 9.17) is 0 Å². The molecule has 98 valence electrons. The average molecular weight is 267 g/mol. The van der Waals surface area contributed by atoms with Gasteiger partial charge < -0.3 is 10.2 Å². The molecule has 0 bridgehead atoms. The minimum absolute atomic E-state index is 0. The molecule has 1 fully saturated rings. The molecular weight excluding hydrogens is 248 g/mol. The Bertz CT molecular complexity index is 405. The number of nitrogens with one attached hydrogen (secondary N) is 1. The molecule has 1 aromatic carbocycles. The highest BCUT2D eigenvalue weighted by Gasteiger charge is 2.29. The van der Waals surface area contributed by atoms with Crippen molar-refractivity contribution in [2.45, 2.75) is 38.4 Å². The Morgan fingerprint density at radius 1 is 1.17 bits per heavy atom. The summed E-state index contributed by atoms with van der Waals surface area (Å²) in [7, 11) is 0. The summed E-state index contributed by atoms with van der Waals surface area (Å²) in [5.41, 5.74) is 2.60. The fraction of sp³-hybridized carbons (Fsp3) is 0.500. The maximum absolute atomic E-state index is 12.3. The summed E-state index contributed by atoms with van der Waals surface area (Å²) in [6.45, 7) is 2.55. The summed E-state index contributed by atoms with van der Waals surface area (Å²) in [5, 5.41) is 3.33. The molecule has 2 heterocycles. The smallest absolute Gasteiger partial charge is 0.240 e. The molecule has 3 nitrogen and oxygen atoms in total. The Morgan fingerprint density at radius 3 is 2.39 bits per heavy atom. The topological polar surface area (TPSA) is 32.3 Å². The Balaban J connectivity index is 0.00000120. The van der Waals surface area contributed by atoms with Gasteiger partial charge in [0.25, 0.3) is 0 Å². The van der Waals surface area contributed by atoms with Gasteiger partial charge >= 0.3 is 0 Å². The van der Waals surface area contributed by atoms with E-state index >= 15 is 0 Å². The second kappa shape index (κ2) is 5.72. The molecule has 1 saturated heterocycles. The van der Waals surface area contributed by atoms with Crippen molar-refractivity contribution in [3.05, 3.63) is 35.4 Å². The third-order valence-electron chi connectivity index (χ3n) is 3.76. The van der Waals surface area contributed by atoms with Gasteiger partial charge in [-0.3, -0.25) is 4.79 Å². The van der Waals surface area contributed by atoms with Crippen molar-refractivity contribution in [1.82, 2.24) is 10.2 Å². The zero-order chi connectivity index (χ0) is 11.7. The van der Waals surface area contributed by atoms with Crippen LogP contribution >= 0.6 is 12.4 Å². The number of fused-ring (bicyclic) bond motifs is 1. The fourth-order valence-corrected chi connectivity index (χ4v) is 2.77. The zero-order valence-electron chi connectivity index (χ0n) is 10.4. The molecular formula is C14H19ClN2O. The van der Waals surface area contributed by atoms with E-state index in [2.05, 4.69) is 17.4 Å². The first kappa shape index (κ1) is 13.4. The first-order valence-electron chi connectivity index (χ1n) is 6.43. The van der Waals surface area contributed by atoms with Crippen LogP contribution in [-0.4, -0.2) is 23.4 Å². The Kier molecular flexibility index (Phi) is 4.25. The van der Waals surface area contributed by atoms with Gasteiger partial charge in [0.2, 0.25) is 5.91 Å². The van der Waals surface area contributed by atoms with Crippen molar-refractivity contribution >= 4 is 18.3 Å². The van der Waals surface area contributed by atoms with Gasteiger partial charge in [0.05, 0.1) is 6.04 Å². The van der Waals surface area contributed by atoms with Gasteiger partial charge in [0, 0.05) is 13.1 Å².